The number of carbonyl (C=O) groups excluding carboxylic acids is 6. The van der Waals surface area contributed by atoms with Gasteiger partial charge in [0.15, 0.2) is 34.7 Å². The molecule has 2 saturated carbocycles. The van der Waals surface area contributed by atoms with Crippen LogP contribution in [0, 0.1) is 23.7 Å². The fourth-order valence-corrected chi connectivity index (χ4v) is 7.55. The quantitative estimate of drug-likeness (QED) is 0.289. The van der Waals surface area contributed by atoms with Crippen LogP contribution in [-0.4, -0.2) is 82.9 Å². The SMILES string of the molecule is COc1ccc(C(=O)Nc2ccc(-c3ccc(O)c4c3C[C@@H]3C[C@@H]5[C@@H](N(C)C)C(=O)C(C(N)=O)C(=O)[C@]5(O)C(=O)C3C4=O)cc2)cc1. The van der Waals surface area contributed by atoms with Gasteiger partial charge >= 0.3 is 0 Å². The molecule has 3 aliphatic carbocycles. The number of nitrogens with one attached hydrogen (secondary N) is 1. The van der Waals surface area contributed by atoms with Crippen LogP contribution in [0.1, 0.15) is 32.7 Å². The number of amides is 2. The lowest BCUT2D eigenvalue weighted by molar-refractivity contribution is -0.181. The Morgan fingerprint density at radius 3 is 2.21 bits per heavy atom. The second-order valence-corrected chi connectivity index (χ2v) is 12.5. The minimum absolute atomic E-state index is 0.0463. The first kappa shape index (κ1) is 31.8. The Balaban J connectivity index is 1.34. The Morgan fingerprint density at radius 1 is 0.957 bits per heavy atom. The molecule has 0 saturated heterocycles. The number of phenolic OH excluding ortho intramolecular Hbond substituents is 1. The van der Waals surface area contributed by atoms with E-state index >= 15 is 0 Å². The van der Waals surface area contributed by atoms with Gasteiger partial charge in [-0.25, -0.2) is 0 Å². The lowest BCUT2D eigenvalue weighted by atomic mass is 9.52. The van der Waals surface area contributed by atoms with Gasteiger partial charge in [-0.05, 0) is 92.0 Å². The third-order valence-electron chi connectivity index (χ3n) is 9.75. The molecule has 12 heteroatoms. The first-order valence-electron chi connectivity index (χ1n) is 15.0. The van der Waals surface area contributed by atoms with E-state index in [0.29, 0.717) is 33.7 Å². The topological polar surface area (TPSA) is 193 Å². The van der Waals surface area contributed by atoms with Crippen molar-refractivity contribution in [1.29, 1.82) is 0 Å². The predicted molar refractivity (Wildman–Crippen MR) is 168 cm³/mol. The van der Waals surface area contributed by atoms with Gasteiger partial charge in [-0.3, -0.25) is 33.7 Å². The Kier molecular flexibility index (Phi) is 7.81. The molecule has 0 bridgehead atoms. The highest BCUT2D eigenvalue weighted by Gasteiger charge is 2.69. The summed E-state index contributed by atoms with van der Waals surface area (Å²) in [7, 11) is 4.61. The van der Waals surface area contributed by atoms with Crippen molar-refractivity contribution >= 4 is 40.6 Å². The maximum absolute atomic E-state index is 14.0. The zero-order valence-electron chi connectivity index (χ0n) is 25.9. The number of hydrogen-bond donors (Lipinski definition) is 4. The summed E-state index contributed by atoms with van der Waals surface area (Å²) >= 11 is 0. The van der Waals surface area contributed by atoms with Crippen molar-refractivity contribution < 1.29 is 43.7 Å². The molecule has 2 unspecified atom stereocenters. The summed E-state index contributed by atoms with van der Waals surface area (Å²) in [5, 5.41) is 25.4. The average molecular weight is 640 g/mol. The molecule has 0 heterocycles. The van der Waals surface area contributed by atoms with Crippen molar-refractivity contribution in [3.63, 3.8) is 0 Å². The number of rotatable bonds is 6. The summed E-state index contributed by atoms with van der Waals surface area (Å²) in [5.41, 5.74) is 5.22. The summed E-state index contributed by atoms with van der Waals surface area (Å²) < 4.78 is 5.13. The van der Waals surface area contributed by atoms with Crippen LogP contribution in [0.5, 0.6) is 11.5 Å². The molecule has 6 rings (SSSR count). The second kappa shape index (κ2) is 11.6. The minimum Gasteiger partial charge on any atom is -0.507 e. The van der Waals surface area contributed by atoms with Crippen LogP contribution in [0.3, 0.4) is 0 Å². The third-order valence-corrected chi connectivity index (χ3v) is 9.75. The highest BCUT2D eigenvalue weighted by molar-refractivity contribution is 6.32. The largest absolute Gasteiger partial charge is 0.507 e. The van der Waals surface area contributed by atoms with Gasteiger partial charge in [0.05, 0.1) is 24.6 Å². The fourth-order valence-electron chi connectivity index (χ4n) is 7.55. The van der Waals surface area contributed by atoms with Crippen molar-refractivity contribution in [2.45, 2.75) is 24.5 Å². The molecule has 5 N–H and O–H groups in total. The van der Waals surface area contributed by atoms with Gasteiger partial charge in [0.1, 0.15) is 11.5 Å². The van der Waals surface area contributed by atoms with Crippen molar-refractivity contribution in [3.8, 4) is 22.6 Å². The van der Waals surface area contributed by atoms with Crippen LogP contribution in [0.15, 0.2) is 60.7 Å². The summed E-state index contributed by atoms with van der Waals surface area (Å²) in [6, 6.07) is 15.4. The van der Waals surface area contributed by atoms with Crippen molar-refractivity contribution in [2.75, 3.05) is 26.5 Å². The monoisotopic (exact) mass is 639 g/mol. The van der Waals surface area contributed by atoms with Gasteiger partial charge in [-0.15, -0.1) is 0 Å². The molecule has 0 aliphatic heterocycles. The number of aliphatic hydroxyl groups is 1. The predicted octanol–water partition coefficient (Wildman–Crippen LogP) is 1.79. The van der Waals surface area contributed by atoms with Crippen LogP contribution in [0.4, 0.5) is 5.69 Å². The second-order valence-electron chi connectivity index (χ2n) is 12.5. The van der Waals surface area contributed by atoms with E-state index in [0.717, 1.165) is 0 Å². The zero-order valence-corrected chi connectivity index (χ0v) is 25.9. The molecule has 47 heavy (non-hydrogen) atoms. The number of likely N-dealkylation sites (N-methyl/N-ethyl adjacent to an activating group) is 1. The number of methoxy groups -OCH3 is 1. The molecule has 2 amide bonds. The van der Waals surface area contributed by atoms with E-state index in [-0.39, 0.29) is 30.1 Å². The summed E-state index contributed by atoms with van der Waals surface area (Å²) in [6.45, 7) is 0. The fraction of sp³-hybridized carbons (Fsp3) is 0.314. The lowest BCUT2D eigenvalue weighted by Crippen LogP contribution is -2.74. The van der Waals surface area contributed by atoms with Crippen molar-refractivity contribution in [2.24, 2.45) is 29.4 Å². The number of phenols is 1. The highest BCUT2D eigenvalue weighted by Crippen LogP contribution is 2.51. The number of fused-ring (bicyclic) bond motifs is 3. The lowest BCUT2D eigenvalue weighted by Gasteiger charge is -2.52. The van der Waals surface area contributed by atoms with Crippen LogP contribution in [-0.2, 0) is 25.6 Å². The molecule has 0 aromatic heterocycles. The highest BCUT2D eigenvalue weighted by atomic mass is 16.5. The van der Waals surface area contributed by atoms with Crippen molar-refractivity contribution in [1.82, 2.24) is 4.90 Å². The number of benzene rings is 3. The molecule has 3 aromatic rings. The van der Waals surface area contributed by atoms with E-state index in [1.165, 1.54) is 32.2 Å². The van der Waals surface area contributed by atoms with Crippen molar-refractivity contribution in [3.05, 3.63) is 77.4 Å². The molecular formula is C35H33N3O9. The molecule has 6 atom stereocenters. The average Bonchev–Trinajstić information content (AvgIpc) is 3.03. The molecule has 3 aromatic carbocycles. The standard InChI is InChI=1S/C35H33N3O9/c1-38(2)28-23-15-18-14-22-21(16-4-8-19(9-5-16)37-34(45)17-6-10-20(47-3)11-7-17)12-13-24(39)26(22)29(40)25(18)31(42)35(23,46)32(43)27(30(28)41)33(36)44/h4-13,18,23,25,27-28,39,46H,14-15H2,1-3H3,(H2,36,44)(H,37,45)/t18-,23-,25?,27?,28-,35-/m1/s1. The van der Waals surface area contributed by atoms with E-state index in [1.54, 1.807) is 54.6 Å². The number of nitrogens with zero attached hydrogens (tertiary/aromatic N) is 1. The first-order valence-corrected chi connectivity index (χ1v) is 15.0. The zero-order chi connectivity index (χ0) is 33.9. The van der Waals surface area contributed by atoms with Gasteiger partial charge in [-0.2, -0.15) is 0 Å². The molecule has 2 fully saturated rings. The van der Waals surface area contributed by atoms with Crippen LogP contribution in [0.2, 0.25) is 0 Å². The van der Waals surface area contributed by atoms with E-state index in [1.807, 2.05) is 0 Å². The van der Waals surface area contributed by atoms with Crippen LogP contribution < -0.4 is 15.8 Å². The molecule has 0 spiro atoms. The maximum atomic E-state index is 14.0. The smallest absolute Gasteiger partial charge is 0.255 e. The Morgan fingerprint density at radius 2 is 1.62 bits per heavy atom. The van der Waals surface area contributed by atoms with Crippen LogP contribution >= 0.6 is 0 Å². The van der Waals surface area contributed by atoms with Gasteiger partial charge in [0.2, 0.25) is 5.91 Å². The number of anilines is 1. The summed E-state index contributed by atoms with van der Waals surface area (Å²) in [6.07, 6.45) is 0.0842. The molecule has 242 valence electrons. The number of Topliss-reactive ketones (excluding diaryl/α,β-unsaturated/α-hetero) is 4. The third kappa shape index (κ3) is 4.91. The minimum atomic E-state index is -2.78. The van der Waals surface area contributed by atoms with E-state index in [2.05, 4.69) is 5.32 Å². The molecule has 12 nitrogen and oxygen atoms in total. The maximum Gasteiger partial charge on any atom is 0.255 e. The van der Waals surface area contributed by atoms with E-state index in [4.69, 9.17) is 10.5 Å². The number of carbonyl (C=O) groups is 6. The van der Waals surface area contributed by atoms with Crippen LogP contribution in [0.25, 0.3) is 11.1 Å². The van der Waals surface area contributed by atoms with Gasteiger partial charge in [-0.1, -0.05) is 18.2 Å². The summed E-state index contributed by atoms with van der Waals surface area (Å²) in [4.78, 5) is 81.1. The van der Waals surface area contributed by atoms with Gasteiger partial charge in [0, 0.05) is 17.2 Å². The number of hydrogen-bond acceptors (Lipinski definition) is 10. The Labute approximate surface area is 269 Å². The molecule has 3 aliphatic rings. The van der Waals surface area contributed by atoms with E-state index < -0.39 is 64.4 Å². The number of nitrogens with two attached hydrogens (primary N) is 1. The first-order chi connectivity index (χ1) is 22.3. The summed E-state index contributed by atoms with van der Waals surface area (Å²) in [5.74, 6) is -10.7. The molecular weight excluding hydrogens is 606 g/mol. The molecule has 0 radical (unpaired) electrons. The number of ketones is 4. The normalized spacial score (nSPS) is 26.7. The van der Waals surface area contributed by atoms with Gasteiger partial charge in [0.25, 0.3) is 5.91 Å². The number of ether oxygens (including phenoxy) is 1. The van der Waals surface area contributed by atoms with E-state index in [9.17, 15) is 39.0 Å². The Hall–Kier alpha value is -5.20. The van der Waals surface area contributed by atoms with Gasteiger partial charge < -0.3 is 26.0 Å². The number of aromatic hydroxyl groups is 1. The Bertz CT molecular complexity index is 1850. The number of primary amides is 1.